The standard InChI is InChI=1S/C41H59N5O7S/c1-10-13-15-19-33(47)30-17-16-18-31-34(30)42-38(46(31)26(4)5)53-29-23-32(45(25-29)36(49)27(6)39(7,8)9)35(48)43-41(24-28(41)12-3)37(50)44-54(51,52)40(21-22-40)20-14-11-2/h10-11,16-18,26-29,32H,1-2,12-15,19-25H2,3-9H3,(H,43,48)(H,44,50)/t27-,28-,29-,32+,41-/m1/s1. The molecular weight excluding hydrogens is 707 g/mol. The van der Waals surface area contributed by atoms with E-state index < -0.39 is 55.6 Å². The molecule has 1 aromatic heterocycles. The highest BCUT2D eigenvalue weighted by atomic mass is 32.2. The molecule has 0 unspecified atom stereocenters. The SMILES string of the molecule is C=CCCCC(=O)c1cccc2c1nc(O[C@@H]1C[C@@H](C(=O)N[C@]3(C(=O)NS(=O)(=O)C4(CCC=C)CC4)C[C@H]3CC)N(C(=O)[C@@H](C)C(C)(C)C)C1)n2C(C)C. The molecule has 1 aromatic carbocycles. The van der Waals surface area contributed by atoms with E-state index in [0.29, 0.717) is 62.4 Å². The van der Waals surface area contributed by atoms with Crippen molar-refractivity contribution in [1.82, 2.24) is 24.5 Å². The molecule has 2 aromatic rings. The Balaban J connectivity index is 1.42. The average Bonchev–Trinajstić information content (AvgIpc) is 3.97. The lowest BCUT2D eigenvalue weighted by molar-refractivity contribution is -0.144. The maximum absolute atomic E-state index is 14.3. The van der Waals surface area contributed by atoms with Crippen LogP contribution in [0.5, 0.6) is 6.01 Å². The predicted octanol–water partition coefficient (Wildman–Crippen LogP) is 6.42. The number of carbonyl (C=O) groups excluding carboxylic acids is 4. The van der Waals surface area contributed by atoms with Gasteiger partial charge in [0, 0.05) is 30.4 Å². The minimum Gasteiger partial charge on any atom is -0.459 e. The Morgan fingerprint density at radius 2 is 1.78 bits per heavy atom. The maximum atomic E-state index is 14.3. The summed E-state index contributed by atoms with van der Waals surface area (Å²) < 4.78 is 36.7. The number of nitrogens with one attached hydrogen (secondary N) is 2. The van der Waals surface area contributed by atoms with Crippen molar-refractivity contribution in [2.24, 2.45) is 17.3 Å². The number of likely N-dealkylation sites (tertiary alicyclic amines) is 1. The number of hydrogen-bond donors (Lipinski definition) is 2. The third kappa shape index (κ3) is 8.02. The molecule has 1 aliphatic heterocycles. The van der Waals surface area contributed by atoms with E-state index >= 15 is 0 Å². The van der Waals surface area contributed by atoms with Crippen LogP contribution in [0.1, 0.15) is 129 Å². The number of aromatic nitrogens is 2. The molecule has 13 heteroatoms. The van der Waals surface area contributed by atoms with E-state index in [0.717, 1.165) is 11.9 Å². The number of ether oxygens (including phenoxy) is 1. The van der Waals surface area contributed by atoms with E-state index in [1.807, 2.05) is 65.2 Å². The van der Waals surface area contributed by atoms with Crippen LogP contribution in [0.15, 0.2) is 43.5 Å². The Hall–Kier alpha value is -4.00. The van der Waals surface area contributed by atoms with E-state index in [9.17, 15) is 27.6 Å². The fraction of sp³-hybridized carbons (Fsp3) is 0.634. The van der Waals surface area contributed by atoms with Gasteiger partial charge in [0.1, 0.15) is 23.2 Å². The van der Waals surface area contributed by atoms with Crippen LogP contribution in [-0.4, -0.2) is 75.4 Å². The van der Waals surface area contributed by atoms with Crippen molar-refractivity contribution in [3.8, 4) is 6.01 Å². The van der Waals surface area contributed by atoms with Gasteiger partial charge in [-0.15, -0.1) is 13.2 Å². The number of fused-ring (bicyclic) bond motifs is 1. The summed E-state index contributed by atoms with van der Waals surface area (Å²) >= 11 is 0. The first kappa shape index (κ1) is 41.2. The number of rotatable bonds is 18. The molecule has 0 bridgehead atoms. The minimum atomic E-state index is -4.00. The molecule has 5 atom stereocenters. The highest BCUT2D eigenvalue weighted by molar-refractivity contribution is 7.91. The van der Waals surface area contributed by atoms with E-state index in [4.69, 9.17) is 9.72 Å². The van der Waals surface area contributed by atoms with Gasteiger partial charge in [-0.25, -0.2) is 8.42 Å². The summed E-state index contributed by atoms with van der Waals surface area (Å²) in [7, 11) is -4.00. The fourth-order valence-electron chi connectivity index (χ4n) is 7.68. The van der Waals surface area contributed by atoms with Crippen LogP contribution in [0.4, 0.5) is 0 Å². The molecule has 2 heterocycles. The normalized spacial score (nSPS) is 23.9. The number of carbonyl (C=O) groups is 4. The van der Waals surface area contributed by atoms with Crippen LogP contribution in [-0.2, 0) is 24.4 Å². The molecule has 3 fully saturated rings. The highest BCUT2D eigenvalue weighted by Gasteiger charge is 2.63. The summed E-state index contributed by atoms with van der Waals surface area (Å²) in [5.74, 6) is -2.21. The van der Waals surface area contributed by atoms with Crippen LogP contribution >= 0.6 is 0 Å². The number of nitrogens with zero attached hydrogens (tertiary/aromatic N) is 3. The first-order valence-electron chi connectivity index (χ1n) is 19.5. The van der Waals surface area contributed by atoms with Gasteiger partial charge in [-0.1, -0.05) is 59.3 Å². The second kappa shape index (κ2) is 15.6. The number of imidazole rings is 1. The molecule has 2 aliphatic carbocycles. The summed E-state index contributed by atoms with van der Waals surface area (Å²) in [6.45, 7) is 21.2. The van der Waals surface area contributed by atoms with Gasteiger partial charge in [0.2, 0.25) is 21.8 Å². The lowest BCUT2D eigenvalue weighted by Gasteiger charge is -2.33. The van der Waals surface area contributed by atoms with Gasteiger partial charge >= 0.3 is 0 Å². The third-order valence-electron chi connectivity index (χ3n) is 11.9. The Morgan fingerprint density at radius 1 is 1.09 bits per heavy atom. The molecule has 2 saturated carbocycles. The lowest BCUT2D eigenvalue weighted by Crippen LogP contribution is -2.57. The van der Waals surface area contributed by atoms with Crippen molar-refractivity contribution in [2.75, 3.05) is 6.54 Å². The summed E-state index contributed by atoms with van der Waals surface area (Å²) in [6.07, 6.45) is 7.39. The Kier molecular flexibility index (Phi) is 11.9. The number of sulfonamides is 1. The lowest BCUT2D eigenvalue weighted by atomic mass is 9.81. The molecule has 12 nitrogen and oxygen atoms in total. The quantitative estimate of drug-likeness (QED) is 0.100. The third-order valence-corrected chi connectivity index (χ3v) is 14.1. The van der Waals surface area contributed by atoms with Gasteiger partial charge in [-0.05, 0) is 82.3 Å². The maximum Gasteiger partial charge on any atom is 0.297 e. The van der Waals surface area contributed by atoms with E-state index in [1.165, 1.54) is 4.90 Å². The second-order valence-electron chi connectivity index (χ2n) is 16.9. The Labute approximate surface area is 320 Å². The first-order chi connectivity index (χ1) is 25.4. The molecule has 5 rings (SSSR count). The van der Waals surface area contributed by atoms with Gasteiger partial charge in [-0.3, -0.25) is 28.5 Å². The molecule has 54 heavy (non-hydrogen) atoms. The zero-order valence-corrected chi connectivity index (χ0v) is 33.9. The zero-order valence-electron chi connectivity index (χ0n) is 33.1. The molecule has 3 aliphatic rings. The molecule has 296 valence electrons. The predicted molar refractivity (Wildman–Crippen MR) is 209 cm³/mol. The molecule has 0 spiro atoms. The van der Waals surface area contributed by atoms with Crippen LogP contribution in [0, 0.1) is 17.3 Å². The summed E-state index contributed by atoms with van der Waals surface area (Å²) in [5, 5.41) is 2.94. The van der Waals surface area contributed by atoms with Gasteiger partial charge < -0.3 is 15.0 Å². The number of amides is 3. The number of hydrogen-bond acceptors (Lipinski definition) is 8. The molecular formula is C41H59N5O7S. The minimum absolute atomic E-state index is 0.0202. The van der Waals surface area contributed by atoms with Gasteiger partial charge in [0.05, 0.1) is 16.8 Å². The molecule has 2 N–H and O–H groups in total. The number of Topliss-reactive ketones (excluding diaryl/α,β-unsaturated/α-hetero) is 1. The molecule has 3 amide bonds. The van der Waals surface area contributed by atoms with E-state index in [1.54, 1.807) is 18.2 Å². The number of unbranched alkanes of at least 4 members (excludes halogenated alkanes) is 1. The number of allylic oxidation sites excluding steroid dienone is 2. The van der Waals surface area contributed by atoms with E-state index in [-0.39, 0.29) is 42.6 Å². The smallest absolute Gasteiger partial charge is 0.297 e. The van der Waals surface area contributed by atoms with E-state index in [2.05, 4.69) is 23.2 Å². The summed E-state index contributed by atoms with van der Waals surface area (Å²) in [6, 6.07) is 4.73. The van der Waals surface area contributed by atoms with Crippen molar-refractivity contribution < 1.29 is 32.3 Å². The average molecular weight is 766 g/mol. The molecule has 0 radical (unpaired) electrons. The molecule has 1 saturated heterocycles. The van der Waals surface area contributed by atoms with Gasteiger partial charge in [0.25, 0.3) is 11.9 Å². The Morgan fingerprint density at radius 3 is 2.35 bits per heavy atom. The number of para-hydroxylation sites is 1. The van der Waals surface area contributed by atoms with Gasteiger partial charge in [-0.2, -0.15) is 4.98 Å². The largest absolute Gasteiger partial charge is 0.459 e. The zero-order chi connectivity index (χ0) is 39.8. The summed E-state index contributed by atoms with van der Waals surface area (Å²) in [5.41, 5.74) is -0.0196. The number of ketones is 1. The second-order valence-corrected chi connectivity index (χ2v) is 19.0. The topological polar surface area (TPSA) is 157 Å². The van der Waals surface area contributed by atoms with Crippen molar-refractivity contribution in [3.05, 3.63) is 49.1 Å². The summed E-state index contributed by atoms with van der Waals surface area (Å²) in [4.78, 5) is 61.9. The van der Waals surface area contributed by atoms with Crippen molar-refractivity contribution in [2.45, 2.75) is 141 Å². The number of benzene rings is 1. The highest BCUT2D eigenvalue weighted by Crippen LogP contribution is 2.50. The van der Waals surface area contributed by atoms with Gasteiger partial charge in [0.15, 0.2) is 5.78 Å². The van der Waals surface area contributed by atoms with Crippen LogP contribution in [0.25, 0.3) is 11.0 Å². The first-order valence-corrected chi connectivity index (χ1v) is 21.0. The van der Waals surface area contributed by atoms with Crippen molar-refractivity contribution in [1.29, 1.82) is 0 Å². The monoisotopic (exact) mass is 765 g/mol. The van der Waals surface area contributed by atoms with Crippen LogP contribution in [0.2, 0.25) is 0 Å². The Bertz CT molecular complexity index is 1910. The van der Waals surface area contributed by atoms with Crippen LogP contribution < -0.4 is 14.8 Å². The van der Waals surface area contributed by atoms with Crippen LogP contribution in [0.3, 0.4) is 0 Å². The van der Waals surface area contributed by atoms with Crippen molar-refractivity contribution in [3.63, 3.8) is 0 Å². The van der Waals surface area contributed by atoms with Crippen molar-refractivity contribution >= 4 is 44.6 Å². The fourth-order valence-corrected chi connectivity index (χ4v) is 9.35.